The molecule has 0 radical (unpaired) electrons. The van der Waals surface area contributed by atoms with E-state index in [1.54, 1.807) is 36.4 Å². The first-order chi connectivity index (χ1) is 42.5. The van der Waals surface area contributed by atoms with Gasteiger partial charge < -0.3 is 5.11 Å². The van der Waals surface area contributed by atoms with Crippen LogP contribution in [0, 0.1) is 63.1 Å². The second kappa shape index (κ2) is 23.2. The number of benzene rings is 7. The van der Waals surface area contributed by atoms with Crippen molar-refractivity contribution < 1.29 is 19.5 Å². The Bertz CT molecular complexity index is 3900. The van der Waals surface area contributed by atoms with Gasteiger partial charge in [-0.2, -0.15) is 5.26 Å². The molecule has 7 aromatic carbocycles. The van der Waals surface area contributed by atoms with E-state index in [1.807, 2.05) is 85.0 Å². The molecular weight excluding hydrogens is 1150 g/mol. The number of rotatable bonds is 12. The molecule has 19 rings (SSSR count). The molecule has 0 heterocycles. The van der Waals surface area contributed by atoms with E-state index < -0.39 is 0 Å². The number of hydrogen-bond acceptors (Lipinski definition) is 5. The van der Waals surface area contributed by atoms with E-state index >= 15 is 0 Å². The van der Waals surface area contributed by atoms with Gasteiger partial charge in [0.2, 0.25) is 0 Å². The van der Waals surface area contributed by atoms with Crippen molar-refractivity contribution in [1.82, 2.24) is 0 Å². The van der Waals surface area contributed by atoms with Crippen molar-refractivity contribution in [2.75, 3.05) is 0 Å². The number of fused-ring (bicyclic) bond motifs is 1. The third-order valence-corrected chi connectivity index (χ3v) is 23.9. The zero-order chi connectivity index (χ0) is 60.5. The van der Waals surface area contributed by atoms with Gasteiger partial charge in [-0.3, -0.25) is 14.4 Å². The molecule has 0 amide bonds. The maximum atomic E-state index is 13.7. The van der Waals surface area contributed by atoms with Crippen LogP contribution < -0.4 is 0 Å². The Morgan fingerprint density at radius 3 is 1.07 bits per heavy atom. The number of ketones is 3. The maximum Gasteiger partial charge on any atom is 0.161 e. The SMILES string of the molecule is N#Cc1ccc(C=CC(=O)C23CC4CC(C2)CC(c2ccc(Cl)cc2)(C4)C3)cc1.O=C(C=Cc1ccc(O)cc1)C12CC3CC(C1)CC(c1ccc(Cl)cc1)(C3)C2.O=C(C=Cc1ccc2ccccc2c1)C12CC3CC(C1)CC(c1ccc(Cl)cc1)(C3)C2. The fraction of sp³-hybridized carbons (Fsp3) is 0.375. The molecular formula is C80H76Cl3NO4. The molecule has 1 N–H and O–H groups in total. The predicted octanol–water partition coefficient (Wildman–Crippen LogP) is 20.1. The molecule has 446 valence electrons. The molecule has 0 spiro atoms. The normalized spacial score (nSPS) is 32.4. The highest BCUT2D eigenvalue weighted by Crippen LogP contribution is 2.69. The Balaban J connectivity index is 0.000000116. The number of halogens is 3. The third kappa shape index (κ3) is 11.4. The molecule has 6 unspecified atom stereocenters. The van der Waals surface area contributed by atoms with Crippen LogP contribution in [0.1, 0.15) is 155 Å². The van der Waals surface area contributed by atoms with E-state index in [9.17, 15) is 19.5 Å². The summed E-state index contributed by atoms with van der Waals surface area (Å²) in [6.45, 7) is 0. The minimum absolute atomic E-state index is 0.132. The lowest BCUT2D eigenvalue weighted by atomic mass is 9.42. The summed E-state index contributed by atoms with van der Waals surface area (Å²) in [5.41, 5.74) is 7.59. The lowest BCUT2D eigenvalue weighted by Gasteiger charge is -2.61. The standard InChI is InChI=1S/C29H27ClO.C26H24ClNO.C25H25ClO2/c30-26-10-8-25(9-11-26)28-15-21-13-22(16-28)18-29(17-21,19-28)27(31)12-6-20-5-7-23-3-1-2-4-24(23)14-20;27-23-8-6-22(7-9-23)25-12-20-11-21(13-25)15-26(14-20,17-25)24(29)10-5-18-1-3-19(16-28)4-2-18;26-21-6-4-20(5-7-21)24-12-18-11-19(13-24)15-25(14-18,16-24)23(28)10-3-17-1-8-22(27)9-2-17/h1-12,14,21-22H,13,15-19H2;1-10,20-21H,11-15,17H2;1-10,18-19,27H,11-16H2. The molecule has 0 aliphatic heterocycles. The van der Waals surface area contributed by atoms with E-state index in [0.29, 0.717) is 46.9 Å². The lowest BCUT2D eigenvalue weighted by molar-refractivity contribution is -0.141. The summed E-state index contributed by atoms with van der Waals surface area (Å²) in [6, 6.07) is 56.5. The van der Waals surface area contributed by atoms with Gasteiger partial charge in [0.05, 0.1) is 11.6 Å². The van der Waals surface area contributed by atoms with E-state index in [0.717, 1.165) is 89.5 Å². The van der Waals surface area contributed by atoms with Crippen LogP contribution in [0.15, 0.2) is 182 Å². The van der Waals surface area contributed by atoms with Gasteiger partial charge in [0, 0.05) is 31.3 Å². The fourth-order valence-corrected chi connectivity index (χ4v) is 21.1. The summed E-state index contributed by atoms with van der Waals surface area (Å²) in [5.74, 6) is 5.12. The van der Waals surface area contributed by atoms with Crippen LogP contribution in [0.3, 0.4) is 0 Å². The van der Waals surface area contributed by atoms with Crippen molar-refractivity contribution in [2.24, 2.45) is 51.8 Å². The minimum Gasteiger partial charge on any atom is -0.508 e. The average molecular weight is 1220 g/mol. The monoisotopic (exact) mass is 1220 g/mol. The number of allylic oxidation sites excluding steroid dienone is 3. The highest BCUT2D eigenvalue weighted by molar-refractivity contribution is 6.31. The second-order valence-corrected chi connectivity index (χ2v) is 30.4. The molecule has 12 saturated carbocycles. The van der Waals surface area contributed by atoms with Crippen molar-refractivity contribution in [3.63, 3.8) is 0 Å². The van der Waals surface area contributed by atoms with Crippen LogP contribution in [0.4, 0.5) is 0 Å². The van der Waals surface area contributed by atoms with Crippen LogP contribution in [0.2, 0.25) is 15.1 Å². The van der Waals surface area contributed by atoms with Gasteiger partial charge in [-0.05, 0) is 296 Å². The third-order valence-electron chi connectivity index (χ3n) is 23.1. The zero-order valence-corrected chi connectivity index (χ0v) is 52.3. The summed E-state index contributed by atoms with van der Waals surface area (Å²) in [7, 11) is 0. The Kier molecular flexibility index (Phi) is 15.5. The first kappa shape index (κ1) is 58.8. The average Bonchev–Trinajstić information content (AvgIpc) is 0.748. The molecule has 12 bridgehead atoms. The molecule has 12 aliphatic carbocycles. The van der Waals surface area contributed by atoms with Crippen molar-refractivity contribution in [3.8, 4) is 11.8 Å². The minimum atomic E-state index is -0.215. The molecule has 8 heteroatoms. The van der Waals surface area contributed by atoms with Gasteiger partial charge in [-0.15, -0.1) is 0 Å². The van der Waals surface area contributed by atoms with Crippen molar-refractivity contribution in [2.45, 2.75) is 132 Å². The molecule has 5 nitrogen and oxygen atoms in total. The smallest absolute Gasteiger partial charge is 0.161 e. The fourth-order valence-electron chi connectivity index (χ4n) is 20.7. The van der Waals surface area contributed by atoms with Crippen LogP contribution in [0.25, 0.3) is 29.0 Å². The molecule has 12 fully saturated rings. The number of phenolic OH excluding ortho intramolecular Hbond substituents is 1. The van der Waals surface area contributed by atoms with Gasteiger partial charge in [0.15, 0.2) is 17.3 Å². The molecule has 7 aromatic rings. The second-order valence-electron chi connectivity index (χ2n) is 29.1. The number of aromatic hydroxyl groups is 1. The highest BCUT2D eigenvalue weighted by Gasteiger charge is 2.63. The van der Waals surface area contributed by atoms with E-state index in [-0.39, 0.29) is 49.8 Å². The summed E-state index contributed by atoms with van der Waals surface area (Å²) in [4.78, 5) is 40.5. The van der Waals surface area contributed by atoms with Crippen LogP contribution in [-0.2, 0) is 30.6 Å². The van der Waals surface area contributed by atoms with Gasteiger partial charge in [-0.25, -0.2) is 0 Å². The van der Waals surface area contributed by atoms with Crippen LogP contribution >= 0.6 is 34.8 Å². The largest absolute Gasteiger partial charge is 0.508 e. The van der Waals surface area contributed by atoms with E-state index in [2.05, 4.69) is 84.9 Å². The van der Waals surface area contributed by atoms with Gasteiger partial charge >= 0.3 is 0 Å². The molecule has 6 atom stereocenters. The number of carbonyl (C=O) groups is 3. The van der Waals surface area contributed by atoms with Crippen LogP contribution in [0.5, 0.6) is 5.75 Å². The number of phenols is 1. The Morgan fingerprint density at radius 1 is 0.398 bits per heavy atom. The highest BCUT2D eigenvalue weighted by atomic mass is 35.5. The number of carbonyl (C=O) groups excluding carboxylic acids is 3. The lowest BCUT2D eigenvalue weighted by Crippen LogP contribution is -2.56. The molecule has 12 aliphatic rings. The predicted molar refractivity (Wildman–Crippen MR) is 356 cm³/mol. The Morgan fingerprint density at radius 2 is 0.716 bits per heavy atom. The first-order valence-electron chi connectivity index (χ1n) is 32.2. The van der Waals surface area contributed by atoms with Crippen molar-refractivity contribution in [3.05, 3.63) is 236 Å². The summed E-state index contributed by atoms with van der Waals surface area (Å²) in [6.07, 6.45) is 31.7. The first-order valence-corrected chi connectivity index (χ1v) is 33.4. The Hall–Kier alpha value is -6.81. The van der Waals surface area contributed by atoms with E-state index in [1.165, 1.54) is 85.3 Å². The Labute approximate surface area is 533 Å². The van der Waals surface area contributed by atoms with Gasteiger partial charge in [-0.1, -0.05) is 150 Å². The number of nitrogens with zero attached hydrogens (tertiary/aromatic N) is 1. The van der Waals surface area contributed by atoms with Gasteiger partial charge in [0.1, 0.15) is 5.75 Å². The van der Waals surface area contributed by atoms with Gasteiger partial charge in [0.25, 0.3) is 0 Å². The molecule has 0 saturated heterocycles. The quantitative estimate of drug-likeness (QED) is 0.123. The van der Waals surface area contributed by atoms with E-state index in [4.69, 9.17) is 40.1 Å². The molecule has 88 heavy (non-hydrogen) atoms. The molecule has 0 aromatic heterocycles. The maximum absolute atomic E-state index is 13.7. The van der Waals surface area contributed by atoms with Crippen LogP contribution in [-0.4, -0.2) is 22.5 Å². The number of hydrogen-bond donors (Lipinski definition) is 1. The summed E-state index contributed by atoms with van der Waals surface area (Å²) in [5, 5.41) is 23.2. The summed E-state index contributed by atoms with van der Waals surface area (Å²) >= 11 is 18.4. The van der Waals surface area contributed by atoms with Crippen molar-refractivity contribution in [1.29, 1.82) is 5.26 Å². The summed E-state index contributed by atoms with van der Waals surface area (Å²) < 4.78 is 0. The van der Waals surface area contributed by atoms with Crippen molar-refractivity contribution >= 4 is 81.2 Å². The number of nitriles is 1. The topological polar surface area (TPSA) is 95.2 Å². The zero-order valence-electron chi connectivity index (χ0n) is 50.0.